The number of aromatic nitrogens is 2. The Morgan fingerprint density at radius 3 is 2.57 bits per heavy atom. The molecule has 116 valence electrons. The van der Waals surface area contributed by atoms with Crippen LogP contribution in [0.3, 0.4) is 0 Å². The molecular weight excluding hydrogens is 286 g/mol. The normalized spacial score (nSPS) is 13.5. The third kappa shape index (κ3) is 4.83. The van der Waals surface area contributed by atoms with E-state index in [1.807, 2.05) is 7.05 Å². The average Bonchev–Trinajstić information content (AvgIpc) is 2.86. The first-order chi connectivity index (χ1) is 9.60. The molecule has 21 heavy (non-hydrogen) atoms. The summed E-state index contributed by atoms with van der Waals surface area (Å²) < 4.78 is 5.35. The fraction of sp³-hybridized carbons (Fsp3) is 0.500. The smallest absolute Gasteiger partial charge is 0.227 e. The van der Waals surface area contributed by atoms with Crippen molar-refractivity contribution in [2.24, 2.45) is 0 Å². The van der Waals surface area contributed by atoms with Gasteiger partial charge in [-0.1, -0.05) is 36.3 Å². The number of aryl methyl sites for hydroxylation is 1. The Kier molecular flexibility index (Phi) is 6.85. The summed E-state index contributed by atoms with van der Waals surface area (Å²) >= 11 is 0. The van der Waals surface area contributed by atoms with Crippen LogP contribution >= 0.6 is 12.4 Å². The predicted molar refractivity (Wildman–Crippen MR) is 87.1 cm³/mol. The van der Waals surface area contributed by atoms with Gasteiger partial charge in [0.05, 0.1) is 0 Å². The molecule has 0 spiro atoms. The summed E-state index contributed by atoms with van der Waals surface area (Å²) in [5, 5.41) is 7.22. The van der Waals surface area contributed by atoms with E-state index < -0.39 is 0 Å². The minimum atomic E-state index is 0. The van der Waals surface area contributed by atoms with Gasteiger partial charge < -0.3 is 9.84 Å². The molecule has 2 atom stereocenters. The highest BCUT2D eigenvalue weighted by Gasteiger charge is 2.14. The average molecular weight is 310 g/mol. The molecule has 1 heterocycles. The molecular formula is C16H24ClN3O. The van der Waals surface area contributed by atoms with Crippen LogP contribution in [0.15, 0.2) is 28.8 Å². The molecule has 2 aromatic rings. The summed E-state index contributed by atoms with van der Waals surface area (Å²) in [5.41, 5.74) is 2.65. The minimum absolute atomic E-state index is 0. The highest BCUT2D eigenvalue weighted by atomic mass is 35.5. The lowest BCUT2D eigenvalue weighted by atomic mass is 9.94. The van der Waals surface area contributed by atoms with Crippen molar-refractivity contribution < 1.29 is 4.52 Å². The molecule has 0 fully saturated rings. The van der Waals surface area contributed by atoms with Crippen molar-refractivity contribution in [1.82, 2.24) is 15.5 Å². The third-order valence-corrected chi connectivity index (χ3v) is 3.69. The van der Waals surface area contributed by atoms with E-state index in [4.69, 9.17) is 4.52 Å². The van der Waals surface area contributed by atoms with Crippen molar-refractivity contribution in [3.05, 3.63) is 47.1 Å². The zero-order valence-electron chi connectivity index (χ0n) is 13.1. The van der Waals surface area contributed by atoms with E-state index in [0.717, 1.165) is 24.6 Å². The van der Waals surface area contributed by atoms with Gasteiger partial charge in [-0.15, -0.1) is 12.4 Å². The fourth-order valence-electron chi connectivity index (χ4n) is 2.34. The number of halogens is 1. The number of nitrogens with one attached hydrogen (secondary N) is 1. The summed E-state index contributed by atoms with van der Waals surface area (Å²) in [7, 11) is 1.94. The Bertz CT molecular complexity index is 556. The molecule has 0 bridgehead atoms. The van der Waals surface area contributed by atoms with Crippen LogP contribution in [0.5, 0.6) is 0 Å². The largest absolute Gasteiger partial charge is 0.339 e. The topological polar surface area (TPSA) is 51.0 Å². The Morgan fingerprint density at radius 2 is 1.90 bits per heavy atom. The number of hydrogen-bond donors (Lipinski definition) is 1. The van der Waals surface area contributed by atoms with Crippen LogP contribution in [0, 0.1) is 6.92 Å². The number of nitrogens with zero attached hydrogens (tertiary/aromatic N) is 2. The van der Waals surface area contributed by atoms with Crippen LogP contribution in [0.2, 0.25) is 0 Å². The monoisotopic (exact) mass is 309 g/mol. The molecule has 0 saturated carbocycles. The van der Waals surface area contributed by atoms with E-state index in [1.165, 1.54) is 11.1 Å². The molecule has 1 N–H and O–H groups in total. The zero-order chi connectivity index (χ0) is 14.5. The van der Waals surface area contributed by atoms with Crippen molar-refractivity contribution in [1.29, 1.82) is 0 Å². The fourth-order valence-corrected chi connectivity index (χ4v) is 2.34. The highest BCUT2D eigenvalue weighted by molar-refractivity contribution is 5.85. The first-order valence-electron chi connectivity index (χ1n) is 7.14. The van der Waals surface area contributed by atoms with Crippen molar-refractivity contribution in [3.8, 4) is 0 Å². The zero-order valence-corrected chi connectivity index (χ0v) is 13.9. The Balaban J connectivity index is 0.00000220. The van der Waals surface area contributed by atoms with Crippen molar-refractivity contribution in [3.63, 3.8) is 0 Å². The van der Waals surface area contributed by atoms with E-state index in [9.17, 15) is 0 Å². The third-order valence-electron chi connectivity index (χ3n) is 3.69. The second-order valence-electron chi connectivity index (χ2n) is 5.46. The molecule has 0 amide bonds. The molecule has 4 nitrogen and oxygen atoms in total. The van der Waals surface area contributed by atoms with Gasteiger partial charge in [-0.3, -0.25) is 0 Å². The Labute approximate surface area is 132 Å². The molecule has 0 saturated heterocycles. The first-order valence-corrected chi connectivity index (χ1v) is 7.14. The van der Waals surface area contributed by atoms with Gasteiger partial charge >= 0.3 is 0 Å². The molecule has 0 aliphatic heterocycles. The van der Waals surface area contributed by atoms with Gasteiger partial charge in [0.15, 0.2) is 5.82 Å². The van der Waals surface area contributed by atoms with Crippen LogP contribution < -0.4 is 5.32 Å². The lowest BCUT2D eigenvalue weighted by Gasteiger charge is -2.12. The van der Waals surface area contributed by atoms with E-state index in [2.05, 4.69) is 60.5 Å². The molecule has 0 aliphatic carbocycles. The second kappa shape index (κ2) is 8.15. The molecule has 2 rings (SSSR count). The van der Waals surface area contributed by atoms with Gasteiger partial charge in [0.25, 0.3) is 0 Å². The van der Waals surface area contributed by atoms with Crippen LogP contribution in [0.25, 0.3) is 0 Å². The van der Waals surface area contributed by atoms with E-state index in [1.54, 1.807) is 0 Å². The maximum Gasteiger partial charge on any atom is 0.227 e. The van der Waals surface area contributed by atoms with Crippen LogP contribution in [-0.2, 0) is 12.8 Å². The number of likely N-dealkylation sites (N-methyl/N-ethyl adjacent to an activating group) is 1. The molecule has 1 aromatic heterocycles. The van der Waals surface area contributed by atoms with Gasteiger partial charge in [0, 0.05) is 18.9 Å². The lowest BCUT2D eigenvalue weighted by molar-refractivity contribution is 0.365. The molecule has 0 aliphatic rings. The number of hydrogen-bond acceptors (Lipinski definition) is 4. The van der Waals surface area contributed by atoms with E-state index >= 15 is 0 Å². The molecule has 1 aromatic carbocycles. The maximum absolute atomic E-state index is 5.35. The minimum Gasteiger partial charge on any atom is -0.339 e. The second-order valence-corrected chi connectivity index (χ2v) is 5.46. The van der Waals surface area contributed by atoms with Gasteiger partial charge in [-0.25, -0.2) is 0 Å². The van der Waals surface area contributed by atoms with Crippen molar-refractivity contribution in [2.75, 3.05) is 7.05 Å². The summed E-state index contributed by atoms with van der Waals surface area (Å²) in [4.78, 5) is 4.48. The predicted octanol–water partition coefficient (Wildman–Crippen LogP) is 3.30. The molecule has 0 radical (unpaired) electrons. The van der Waals surface area contributed by atoms with Crippen LogP contribution in [0.4, 0.5) is 0 Å². The van der Waals surface area contributed by atoms with Gasteiger partial charge in [-0.05, 0) is 37.9 Å². The van der Waals surface area contributed by atoms with Gasteiger partial charge in [0.1, 0.15) is 0 Å². The van der Waals surface area contributed by atoms with Gasteiger partial charge in [-0.2, -0.15) is 4.98 Å². The number of rotatable bonds is 6. The maximum atomic E-state index is 5.35. The van der Waals surface area contributed by atoms with Crippen LogP contribution in [0.1, 0.15) is 42.6 Å². The summed E-state index contributed by atoms with van der Waals surface area (Å²) in [6.45, 7) is 6.44. The summed E-state index contributed by atoms with van der Waals surface area (Å²) in [6, 6.07) is 8.80. The number of benzene rings is 1. The quantitative estimate of drug-likeness (QED) is 0.889. The van der Waals surface area contributed by atoms with Crippen molar-refractivity contribution in [2.45, 2.75) is 45.6 Å². The summed E-state index contributed by atoms with van der Waals surface area (Å²) in [6.07, 6.45) is 1.57. The highest BCUT2D eigenvalue weighted by Crippen LogP contribution is 2.22. The Morgan fingerprint density at radius 1 is 1.19 bits per heavy atom. The summed E-state index contributed by atoms with van der Waals surface area (Å²) in [5.74, 6) is 1.88. The van der Waals surface area contributed by atoms with Crippen molar-refractivity contribution >= 4 is 12.4 Å². The van der Waals surface area contributed by atoms with E-state index in [-0.39, 0.29) is 12.4 Å². The lowest BCUT2D eigenvalue weighted by Crippen LogP contribution is -2.24. The standard InChI is InChI=1S/C16H23N3O.ClH/c1-11-7-5-6-8-14(11)12(2)9-16-18-15(19-20-16)10-13(3)17-4;/h5-8,12-13,17H,9-10H2,1-4H3;1H. The van der Waals surface area contributed by atoms with Gasteiger partial charge in [0.2, 0.25) is 5.89 Å². The van der Waals surface area contributed by atoms with E-state index in [0.29, 0.717) is 12.0 Å². The first kappa shape index (κ1) is 17.7. The molecule has 2 unspecified atom stereocenters. The Hall–Kier alpha value is -1.39. The molecule has 5 heteroatoms. The SMILES string of the molecule is CNC(C)Cc1noc(CC(C)c2ccccc2C)n1.Cl. The van der Waals surface area contributed by atoms with Crippen LogP contribution in [-0.4, -0.2) is 23.2 Å².